The number of hydrogen-bond acceptors (Lipinski definition) is 2. The smallest absolute Gasteiger partial charge is 0.253 e. The Hall–Kier alpha value is -1.03. The van der Waals surface area contributed by atoms with Crippen molar-refractivity contribution in [3.8, 4) is 5.75 Å². The number of rotatable bonds is 5. The highest BCUT2D eigenvalue weighted by molar-refractivity contribution is 9.10. The predicted octanol–water partition coefficient (Wildman–Crippen LogP) is 3.58. The van der Waals surface area contributed by atoms with Gasteiger partial charge in [-0.2, -0.15) is 0 Å². The van der Waals surface area contributed by atoms with Crippen molar-refractivity contribution in [2.24, 2.45) is 5.92 Å². The Kier molecular flexibility index (Phi) is 5.66. The van der Waals surface area contributed by atoms with Crippen molar-refractivity contribution >= 4 is 21.8 Å². The number of hydrogen-bond donors (Lipinski definition) is 0. The summed E-state index contributed by atoms with van der Waals surface area (Å²) in [7, 11) is 3.48. The number of carbonyl (C=O) groups excluding carboxylic acids is 1. The van der Waals surface area contributed by atoms with E-state index < -0.39 is 0 Å². The van der Waals surface area contributed by atoms with E-state index in [1.807, 2.05) is 6.07 Å². The van der Waals surface area contributed by atoms with Crippen LogP contribution in [0.5, 0.6) is 5.75 Å². The van der Waals surface area contributed by atoms with Gasteiger partial charge in [0.2, 0.25) is 0 Å². The van der Waals surface area contributed by atoms with Crippen LogP contribution in [0.2, 0.25) is 0 Å². The second kappa shape index (κ2) is 6.78. The molecule has 0 bridgehead atoms. The molecule has 0 spiro atoms. The number of carbonyl (C=O) groups is 1. The molecular weight excluding hydrogens is 294 g/mol. The van der Waals surface area contributed by atoms with Crippen molar-refractivity contribution in [1.29, 1.82) is 0 Å². The van der Waals surface area contributed by atoms with Crippen molar-refractivity contribution in [3.05, 3.63) is 28.2 Å². The maximum atomic E-state index is 11.8. The fourth-order valence-electron chi connectivity index (χ4n) is 1.41. The van der Waals surface area contributed by atoms with Gasteiger partial charge in [0.25, 0.3) is 5.91 Å². The van der Waals surface area contributed by atoms with Crippen molar-refractivity contribution in [2.45, 2.75) is 20.3 Å². The highest BCUT2D eigenvalue weighted by Crippen LogP contribution is 2.26. The fourth-order valence-corrected chi connectivity index (χ4v) is 1.91. The standard InChI is InChI=1S/C14H20BrNO2/c1-10(2)7-8-18-13-6-5-11(9-12(13)15)14(17)16(3)4/h5-6,9-10H,7-8H2,1-4H3. The Balaban J connectivity index is 2.71. The molecule has 0 fully saturated rings. The predicted molar refractivity (Wildman–Crippen MR) is 77.1 cm³/mol. The molecule has 0 atom stereocenters. The summed E-state index contributed by atoms with van der Waals surface area (Å²) in [4.78, 5) is 13.3. The highest BCUT2D eigenvalue weighted by Gasteiger charge is 2.10. The molecule has 1 rings (SSSR count). The Morgan fingerprint density at radius 2 is 2.06 bits per heavy atom. The van der Waals surface area contributed by atoms with E-state index in [-0.39, 0.29) is 5.91 Å². The molecule has 0 unspecified atom stereocenters. The molecule has 18 heavy (non-hydrogen) atoms. The molecule has 0 heterocycles. The minimum Gasteiger partial charge on any atom is -0.492 e. The largest absolute Gasteiger partial charge is 0.492 e. The van der Waals surface area contributed by atoms with Gasteiger partial charge in [0, 0.05) is 19.7 Å². The molecule has 0 radical (unpaired) electrons. The molecule has 0 saturated heterocycles. The Morgan fingerprint density at radius 3 is 2.56 bits per heavy atom. The maximum absolute atomic E-state index is 11.8. The van der Waals surface area contributed by atoms with Gasteiger partial charge in [-0.1, -0.05) is 13.8 Å². The van der Waals surface area contributed by atoms with Crippen molar-refractivity contribution in [1.82, 2.24) is 4.90 Å². The minimum atomic E-state index is -0.00979. The summed E-state index contributed by atoms with van der Waals surface area (Å²) < 4.78 is 6.49. The topological polar surface area (TPSA) is 29.5 Å². The van der Waals surface area contributed by atoms with E-state index in [9.17, 15) is 4.79 Å². The zero-order chi connectivity index (χ0) is 13.7. The van der Waals surface area contributed by atoms with Crippen LogP contribution >= 0.6 is 15.9 Å². The van der Waals surface area contributed by atoms with E-state index in [1.165, 1.54) is 0 Å². The lowest BCUT2D eigenvalue weighted by Crippen LogP contribution is -2.21. The van der Waals surface area contributed by atoms with Crippen LogP contribution in [0.25, 0.3) is 0 Å². The lowest BCUT2D eigenvalue weighted by atomic mass is 10.1. The fraction of sp³-hybridized carbons (Fsp3) is 0.500. The molecule has 4 heteroatoms. The number of benzene rings is 1. The van der Waals surface area contributed by atoms with E-state index in [0.29, 0.717) is 18.1 Å². The SMILES string of the molecule is CC(C)CCOc1ccc(C(=O)N(C)C)cc1Br. The third-order valence-corrected chi connectivity index (χ3v) is 3.16. The van der Waals surface area contributed by atoms with Crippen LogP contribution < -0.4 is 4.74 Å². The molecule has 1 amide bonds. The number of amides is 1. The molecule has 0 aliphatic rings. The Labute approximate surface area is 117 Å². The summed E-state index contributed by atoms with van der Waals surface area (Å²) in [6.45, 7) is 5.02. The molecule has 0 aliphatic heterocycles. The van der Waals surface area contributed by atoms with Gasteiger partial charge in [-0.15, -0.1) is 0 Å². The van der Waals surface area contributed by atoms with Crippen LogP contribution in [0.15, 0.2) is 22.7 Å². The molecule has 0 aromatic heterocycles. The van der Waals surface area contributed by atoms with Crippen molar-refractivity contribution < 1.29 is 9.53 Å². The van der Waals surface area contributed by atoms with Crippen LogP contribution in [0.3, 0.4) is 0 Å². The van der Waals surface area contributed by atoms with E-state index in [0.717, 1.165) is 16.6 Å². The first-order valence-electron chi connectivity index (χ1n) is 6.05. The average molecular weight is 314 g/mol. The zero-order valence-corrected chi connectivity index (χ0v) is 13.0. The molecule has 0 N–H and O–H groups in total. The number of ether oxygens (including phenoxy) is 1. The van der Waals surface area contributed by atoms with Gasteiger partial charge in [-0.3, -0.25) is 4.79 Å². The van der Waals surface area contributed by atoms with Gasteiger partial charge in [0.05, 0.1) is 11.1 Å². The van der Waals surface area contributed by atoms with E-state index in [2.05, 4.69) is 29.8 Å². The molecule has 1 aromatic rings. The summed E-state index contributed by atoms with van der Waals surface area (Å²) in [6, 6.07) is 5.42. The van der Waals surface area contributed by atoms with Crippen LogP contribution in [0, 0.1) is 5.92 Å². The summed E-state index contributed by atoms with van der Waals surface area (Å²) in [5.41, 5.74) is 0.656. The van der Waals surface area contributed by atoms with Gasteiger partial charge in [-0.25, -0.2) is 0 Å². The van der Waals surface area contributed by atoms with Crippen LogP contribution in [-0.4, -0.2) is 31.5 Å². The first-order valence-corrected chi connectivity index (χ1v) is 6.85. The number of nitrogens with zero attached hydrogens (tertiary/aromatic N) is 1. The Bertz CT molecular complexity index is 416. The normalized spacial score (nSPS) is 10.6. The average Bonchev–Trinajstić information content (AvgIpc) is 2.29. The Morgan fingerprint density at radius 1 is 1.39 bits per heavy atom. The van der Waals surface area contributed by atoms with Crippen LogP contribution in [0.4, 0.5) is 0 Å². The maximum Gasteiger partial charge on any atom is 0.253 e. The highest BCUT2D eigenvalue weighted by atomic mass is 79.9. The van der Waals surface area contributed by atoms with Gasteiger partial charge in [-0.05, 0) is 46.5 Å². The van der Waals surface area contributed by atoms with Gasteiger partial charge < -0.3 is 9.64 Å². The third-order valence-electron chi connectivity index (χ3n) is 2.54. The number of halogens is 1. The first kappa shape index (κ1) is 15.0. The molecule has 1 aromatic carbocycles. The third kappa shape index (κ3) is 4.33. The first-order chi connectivity index (χ1) is 8.41. The summed E-state index contributed by atoms with van der Waals surface area (Å²) in [5.74, 6) is 1.40. The molecule has 3 nitrogen and oxygen atoms in total. The van der Waals surface area contributed by atoms with Gasteiger partial charge in [0.1, 0.15) is 5.75 Å². The van der Waals surface area contributed by atoms with Crippen molar-refractivity contribution in [3.63, 3.8) is 0 Å². The zero-order valence-electron chi connectivity index (χ0n) is 11.4. The quantitative estimate of drug-likeness (QED) is 0.831. The van der Waals surface area contributed by atoms with E-state index in [1.54, 1.807) is 31.1 Å². The molecule has 100 valence electrons. The lowest BCUT2D eigenvalue weighted by Gasteiger charge is -2.13. The van der Waals surface area contributed by atoms with Crippen molar-refractivity contribution in [2.75, 3.05) is 20.7 Å². The molecular formula is C14H20BrNO2. The van der Waals surface area contributed by atoms with E-state index in [4.69, 9.17) is 4.74 Å². The second-order valence-electron chi connectivity index (χ2n) is 4.88. The van der Waals surface area contributed by atoms with E-state index >= 15 is 0 Å². The lowest BCUT2D eigenvalue weighted by molar-refractivity contribution is 0.0827. The summed E-state index contributed by atoms with van der Waals surface area (Å²) in [6.07, 6.45) is 1.02. The monoisotopic (exact) mass is 313 g/mol. The van der Waals surface area contributed by atoms with Crippen LogP contribution in [0.1, 0.15) is 30.6 Å². The molecule has 0 aliphatic carbocycles. The van der Waals surface area contributed by atoms with Gasteiger partial charge >= 0.3 is 0 Å². The van der Waals surface area contributed by atoms with Crippen LogP contribution in [-0.2, 0) is 0 Å². The summed E-state index contributed by atoms with van der Waals surface area (Å²) >= 11 is 3.44. The van der Waals surface area contributed by atoms with Gasteiger partial charge in [0.15, 0.2) is 0 Å². The minimum absolute atomic E-state index is 0.00979. The second-order valence-corrected chi connectivity index (χ2v) is 5.73. The summed E-state index contributed by atoms with van der Waals surface area (Å²) in [5, 5.41) is 0. The molecule has 0 saturated carbocycles.